The third kappa shape index (κ3) is 9.06. The van der Waals surface area contributed by atoms with Crippen LogP contribution in [0, 0.1) is 0 Å². The molecule has 0 amide bonds. The zero-order valence-corrected chi connectivity index (χ0v) is 20.7. The van der Waals surface area contributed by atoms with Crippen molar-refractivity contribution in [1.29, 1.82) is 0 Å². The Morgan fingerprint density at radius 1 is 1.14 bits per heavy atom. The minimum absolute atomic E-state index is 0. The monoisotopic (exact) mass is 513 g/mol. The summed E-state index contributed by atoms with van der Waals surface area (Å²) in [6, 6.07) is 10.5. The Bertz CT molecular complexity index is 724. The van der Waals surface area contributed by atoms with Gasteiger partial charge in [-0.05, 0) is 31.9 Å². The average molecular weight is 513 g/mol. The number of benzene rings is 1. The summed E-state index contributed by atoms with van der Waals surface area (Å²) in [6.07, 6.45) is 4.00. The third-order valence-corrected chi connectivity index (χ3v) is 4.42. The summed E-state index contributed by atoms with van der Waals surface area (Å²) < 4.78 is 5.81. The summed E-state index contributed by atoms with van der Waals surface area (Å²) in [5.41, 5.74) is 1.22. The summed E-state index contributed by atoms with van der Waals surface area (Å²) in [4.78, 5) is 11.2. The molecular weight excluding hydrogens is 477 g/mol. The smallest absolute Gasteiger partial charge is 0.216 e. The van der Waals surface area contributed by atoms with Crippen LogP contribution in [-0.4, -0.2) is 37.6 Å². The predicted octanol–water partition coefficient (Wildman–Crippen LogP) is 4.56. The van der Waals surface area contributed by atoms with E-state index in [1.165, 1.54) is 5.69 Å². The van der Waals surface area contributed by atoms with Crippen molar-refractivity contribution in [2.45, 2.75) is 52.5 Å². The van der Waals surface area contributed by atoms with Crippen LogP contribution in [0.5, 0.6) is 0 Å². The Morgan fingerprint density at radius 3 is 2.48 bits per heavy atom. The molecule has 0 aliphatic heterocycles. The van der Waals surface area contributed by atoms with Gasteiger partial charge in [0, 0.05) is 37.8 Å². The number of anilines is 1. The molecule has 0 unspecified atom stereocenters. The standard InChI is InChI=1S/C22H35N5O.HI/c1-6-23-21(26-17-20-25-16-19(28-20)22(2,3)4)24-14-10-11-15-27(5)18-12-8-7-9-13-18;/h7-9,12-13,16H,6,10-11,14-15,17H2,1-5H3,(H2,23,24,26);1H. The molecular formula is C22H36IN5O. The second-order valence-electron chi connectivity index (χ2n) is 7.95. The number of guanidine groups is 1. The first-order chi connectivity index (χ1) is 13.4. The van der Waals surface area contributed by atoms with Crippen LogP contribution >= 0.6 is 24.0 Å². The number of para-hydroxylation sites is 1. The number of hydrogen-bond donors (Lipinski definition) is 2. The van der Waals surface area contributed by atoms with Crippen LogP contribution in [0.25, 0.3) is 0 Å². The van der Waals surface area contributed by atoms with Crippen molar-refractivity contribution >= 4 is 35.6 Å². The predicted molar refractivity (Wildman–Crippen MR) is 132 cm³/mol. The van der Waals surface area contributed by atoms with Gasteiger partial charge in [-0.2, -0.15) is 0 Å². The number of aliphatic imine (C=N–C) groups is 1. The minimum Gasteiger partial charge on any atom is -0.443 e. The van der Waals surface area contributed by atoms with Crippen LogP contribution in [0.2, 0.25) is 0 Å². The van der Waals surface area contributed by atoms with E-state index < -0.39 is 0 Å². The number of oxazole rings is 1. The summed E-state index contributed by atoms with van der Waals surface area (Å²) in [5, 5.41) is 6.67. The van der Waals surface area contributed by atoms with Gasteiger partial charge in [0.2, 0.25) is 5.89 Å². The van der Waals surface area contributed by atoms with Gasteiger partial charge in [-0.15, -0.1) is 24.0 Å². The van der Waals surface area contributed by atoms with E-state index in [4.69, 9.17) is 4.42 Å². The Balaban J connectivity index is 0.00000420. The molecule has 6 nitrogen and oxygen atoms in total. The van der Waals surface area contributed by atoms with Crippen molar-refractivity contribution in [3.8, 4) is 0 Å². The molecule has 0 spiro atoms. The maximum absolute atomic E-state index is 5.81. The van der Waals surface area contributed by atoms with E-state index in [1.807, 2.05) is 6.07 Å². The highest BCUT2D eigenvalue weighted by atomic mass is 127. The van der Waals surface area contributed by atoms with E-state index in [-0.39, 0.29) is 29.4 Å². The number of aromatic nitrogens is 1. The Labute approximate surface area is 192 Å². The molecule has 29 heavy (non-hydrogen) atoms. The second-order valence-corrected chi connectivity index (χ2v) is 7.95. The lowest BCUT2D eigenvalue weighted by molar-refractivity contribution is 0.383. The van der Waals surface area contributed by atoms with Gasteiger partial charge < -0.3 is 20.0 Å². The maximum atomic E-state index is 5.81. The van der Waals surface area contributed by atoms with Gasteiger partial charge in [0.15, 0.2) is 5.96 Å². The molecule has 7 heteroatoms. The SMILES string of the molecule is CCNC(=NCc1ncc(C(C)(C)C)o1)NCCCCN(C)c1ccccc1.I. The van der Waals surface area contributed by atoms with Gasteiger partial charge in [0.05, 0.1) is 6.20 Å². The van der Waals surface area contributed by atoms with Crippen molar-refractivity contribution in [3.63, 3.8) is 0 Å². The zero-order valence-electron chi connectivity index (χ0n) is 18.4. The Morgan fingerprint density at radius 2 is 1.86 bits per heavy atom. The average Bonchev–Trinajstić information content (AvgIpc) is 3.16. The highest BCUT2D eigenvalue weighted by molar-refractivity contribution is 14.0. The molecule has 0 bridgehead atoms. The topological polar surface area (TPSA) is 65.7 Å². The molecule has 0 saturated carbocycles. The molecule has 2 N–H and O–H groups in total. The Kier molecular flexibility index (Phi) is 11.1. The van der Waals surface area contributed by atoms with Crippen LogP contribution < -0.4 is 15.5 Å². The molecule has 0 saturated heterocycles. The number of nitrogens with zero attached hydrogens (tertiary/aromatic N) is 3. The van der Waals surface area contributed by atoms with Crippen LogP contribution in [0.15, 0.2) is 45.9 Å². The van der Waals surface area contributed by atoms with Crippen LogP contribution in [0.4, 0.5) is 5.69 Å². The number of rotatable bonds is 9. The number of halogens is 1. The number of nitrogens with one attached hydrogen (secondary N) is 2. The fraction of sp³-hybridized carbons (Fsp3) is 0.545. The molecule has 1 aromatic heterocycles. The first-order valence-electron chi connectivity index (χ1n) is 10.1. The fourth-order valence-electron chi connectivity index (χ4n) is 2.71. The van der Waals surface area contributed by atoms with Gasteiger partial charge in [-0.1, -0.05) is 39.0 Å². The minimum atomic E-state index is -0.0371. The molecule has 0 atom stereocenters. The molecule has 2 aromatic rings. The van der Waals surface area contributed by atoms with E-state index in [0.717, 1.165) is 44.2 Å². The zero-order chi connectivity index (χ0) is 20.4. The van der Waals surface area contributed by atoms with Crippen molar-refractivity contribution < 1.29 is 4.42 Å². The number of unbranched alkanes of at least 4 members (excludes halogenated alkanes) is 1. The van der Waals surface area contributed by atoms with Crippen molar-refractivity contribution in [3.05, 3.63) is 48.2 Å². The molecule has 0 aliphatic rings. The molecule has 0 fully saturated rings. The van der Waals surface area contributed by atoms with Crippen molar-refractivity contribution in [1.82, 2.24) is 15.6 Å². The van der Waals surface area contributed by atoms with Gasteiger partial charge in [-0.3, -0.25) is 0 Å². The van der Waals surface area contributed by atoms with Gasteiger partial charge >= 0.3 is 0 Å². The quantitative estimate of drug-likeness (QED) is 0.223. The molecule has 0 aliphatic carbocycles. The molecule has 1 heterocycles. The van der Waals surface area contributed by atoms with E-state index in [2.05, 4.69) is 84.5 Å². The molecule has 162 valence electrons. The van der Waals surface area contributed by atoms with Crippen LogP contribution in [0.3, 0.4) is 0 Å². The maximum Gasteiger partial charge on any atom is 0.216 e. The van der Waals surface area contributed by atoms with Crippen molar-refractivity contribution in [2.24, 2.45) is 4.99 Å². The summed E-state index contributed by atoms with van der Waals surface area (Å²) in [5.74, 6) is 2.33. The molecule has 2 rings (SSSR count). The van der Waals surface area contributed by atoms with E-state index in [1.54, 1.807) is 6.20 Å². The fourth-order valence-corrected chi connectivity index (χ4v) is 2.71. The first kappa shape index (κ1) is 25.3. The van der Waals surface area contributed by atoms with Gasteiger partial charge in [0.25, 0.3) is 0 Å². The van der Waals surface area contributed by atoms with E-state index >= 15 is 0 Å². The lowest BCUT2D eigenvalue weighted by Gasteiger charge is -2.19. The van der Waals surface area contributed by atoms with E-state index in [9.17, 15) is 0 Å². The summed E-state index contributed by atoms with van der Waals surface area (Å²) in [7, 11) is 2.14. The van der Waals surface area contributed by atoms with Gasteiger partial charge in [0.1, 0.15) is 12.3 Å². The largest absolute Gasteiger partial charge is 0.443 e. The third-order valence-electron chi connectivity index (χ3n) is 4.42. The van der Waals surface area contributed by atoms with E-state index in [0.29, 0.717) is 12.4 Å². The highest BCUT2D eigenvalue weighted by Crippen LogP contribution is 2.22. The van der Waals surface area contributed by atoms with Crippen LogP contribution in [-0.2, 0) is 12.0 Å². The van der Waals surface area contributed by atoms with Crippen molar-refractivity contribution in [2.75, 3.05) is 31.6 Å². The first-order valence-corrected chi connectivity index (χ1v) is 10.1. The summed E-state index contributed by atoms with van der Waals surface area (Å²) in [6.45, 7) is 11.6. The summed E-state index contributed by atoms with van der Waals surface area (Å²) >= 11 is 0. The van der Waals surface area contributed by atoms with Crippen LogP contribution in [0.1, 0.15) is 52.2 Å². The lowest BCUT2D eigenvalue weighted by atomic mass is 9.94. The highest BCUT2D eigenvalue weighted by Gasteiger charge is 2.18. The lowest BCUT2D eigenvalue weighted by Crippen LogP contribution is -2.38. The normalized spacial score (nSPS) is 11.7. The molecule has 0 radical (unpaired) electrons. The number of hydrogen-bond acceptors (Lipinski definition) is 4. The van der Waals surface area contributed by atoms with Gasteiger partial charge in [-0.25, -0.2) is 9.98 Å². The second kappa shape index (κ2) is 12.7. The molecule has 1 aromatic carbocycles. The Hall–Kier alpha value is -1.77.